The molecule has 0 radical (unpaired) electrons. The highest BCUT2D eigenvalue weighted by molar-refractivity contribution is 6.30. The third-order valence-electron chi connectivity index (χ3n) is 7.01. The lowest BCUT2D eigenvalue weighted by Crippen LogP contribution is -2.39. The topological polar surface area (TPSA) is 54.3 Å². The number of amides is 2. The van der Waals surface area contributed by atoms with Crippen LogP contribution in [0.5, 0.6) is 0 Å². The van der Waals surface area contributed by atoms with Gasteiger partial charge in [0.15, 0.2) is 0 Å². The van der Waals surface area contributed by atoms with Crippen LogP contribution in [0, 0.1) is 0 Å². The SMILES string of the molecule is CN(C(=O)c1cc(C(F)(F)F)cc(C(F)(F)F)c1)C(CCC(=O)Nc1cc2ccccc2n1C)Cc1ccc(Cl)cc1. The summed E-state index contributed by atoms with van der Waals surface area (Å²) in [6.45, 7) is 0. The average molecular weight is 610 g/mol. The Balaban J connectivity index is 1.58. The summed E-state index contributed by atoms with van der Waals surface area (Å²) < 4.78 is 82.3. The number of alkyl halides is 6. The van der Waals surface area contributed by atoms with Gasteiger partial charge in [-0.2, -0.15) is 26.3 Å². The fourth-order valence-corrected chi connectivity index (χ4v) is 4.81. The van der Waals surface area contributed by atoms with Crippen molar-refractivity contribution in [3.63, 3.8) is 0 Å². The third-order valence-corrected chi connectivity index (χ3v) is 7.26. The van der Waals surface area contributed by atoms with Gasteiger partial charge >= 0.3 is 12.4 Å². The van der Waals surface area contributed by atoms with E-state index in [9.17, 15) is 35.9 Å². The molecule has 2 amide bonds. The second kappa shape index (κ2) is 12.1. The molecular weight excluding hydrogens is 584 g/mol. The first-order valence-electron chi connectivity index (χ1n) is 12.8. The van der Waals surface area contributed by atoms with Crippen LogP contribution in [0.25, 0.3) is 10.9 Å². The van der Waals surface area contributed by atoms with Gasteiger partial charge in [0.25, 0.3) is 5.91 Å². The zero-order chi connectivity index (χ0) is 30.8. The van der Waals surface area contributed by atoms with Crippen molar-refractivity contribution in [2.75, 3.05) is 12.4 Å². The number of fused-ring (bicyclic) bond motifs is 1. The van der Waals surface area contributed by atoms with Crippen LogP contribution in [0.1, 0.15) is 39.9 Å². The average Bonchev–Trinajstić information content (AvgIpc) is 3.24. The van der Waals surface area contributed by atoms with E-state index >= 15 is 0 Å². The first-order chi connectivity index (χ1) is 19.6. The van der Waals surface area contributed by atoms with E-state index in [0.717, 1.165) is 15.8 Å². The maximum atomic E-state index is 13.4. The van der Waals surface area contributed by atoms with Gasteiger partial charge in [-0.3, -0.25) is 9.59 Å². The van der Waals surface area contributed by atoms with E-state index < -0.39 is 41.0 Å². The lowest BCUT2D eigenvalue weighted by molar-refractivity contribution is -0.143. The number of rotatable bonds is 8. The molecule has 0 spiro atoms. The van der Waals surface area contributed by atoms with Crippen molar-refractivity contribution < 1.29 is 35.9 Å². The van der Waals surface area contributed by atoms with Crippen molar-refractivity contribution in [3.05, 3.63) is 100 Å². The number of halogens is 7. The number of aryl methyl sites for hydroxylation is 1. The van der Waals surface area contributed by atoms with E-state index in [0.29, 0.717) is 28.5 Å². The molecule has 4 aromatic rings. The molecule has 0 aliphatic heterocycles. The van der Waals surface area contributed by atoms with Crippen LogP contribution >= 0.6 is 11.6 Å². The van der Waals surface area contributed by atoms with Crippen LogP contribution in [-0.4, -0.2) is 34.4 Å². The molecule has 12 heteroatoms. The molecule has 1 atom stereocenters. The Labute approximate surface area is 242 Å². The molecule has 0 saturated heterocycles. The van der Waals surface area contributed by atoms with Gasteiger partial charge in [0.05, 0.1) is 11.1 Å². The molecule has 0 aliphatic carbocycles. The van der Waals surface area contributed by atoms with Crippen molar-refractivity contribution >= 4 is 40.1 Å². The molecule has 0 aliphatic rings. The summed E-state index contributed by atoms with van der Waals surface area (Å²) in [6, 6.07) is 16.0. The van der Waals surface area contributed by atoms with Crippen LogP contribution in [0.15, 0.2) is 72.8 Å². The Bertz CT molecular complexity index is 1560. The zero-order valence-electron chi connectivity index (χ0n) is 22.5. The number of likely N-dealkylation sites (N-methyl/N-ethyl adjacent to an activating group) is 1. The molecular formula is C30H26ClF6N3O2. The standard InChI is InChI=1S/C30H26ClF6N3O2/c1-39(28(42)20-14-21(29(32,33)34)17-22(15-20)30(35,36)37)24(13-18-7-9-23(31)10-8-18)11-12-27(41)38-26-16-19-5-3-4-6-25(19)40(26)2/h3-10,14-17,24H,11-13H2,1-2H3,(H,38,41). The molecule has 42 heavy (non-hydrogen) atoms. The summed E-state index contributed by atoms with van der Waals surface area (Å²) in [6.07, 6.45) is -10.0. The lowest BCUT2D eigenvalue weighted by Gasteiger charge is -2.29. The molecule has 1 N–H and O–H groups in total. The number of carbonyl (C=O) groups is 2. The number of para-hydroxylation sites is 1. The fourth-order valence-electron chi connectivity index (χ4n) is 4.68. The first kappa shape index (κ1) is 31.0. The minimum atomic E-state index is -5.10. The molecule has 5 nitrogen and oxygen atoms in total. The second-order valence-electron chi connectivity index (χ2n) is 9.93. The third kappa shape index (κ3) is 7.25. The number of anilines is 1. The Morgan fingerprint density at radius 1 is 0.905 bits per heavy atom. The predicted molar refractivity (Wildman–Crippen MR) is 148 cm³/mol. The number of carbonyl (C=O) groups excluding carboxylic acids is 2. The van der Waals surface area contributed by atoms with E-state index in [1.54, 1.807) is 41.9 Å². The second-order valence-corrected chi connectivity index (χ2v) is 10.4. The summed E-state index contributed by atoms with van der Waals surface area (Å²) in [7, 11) is 3.08. The van der Waals surface area contributed by atoms with Gasteiger partial charge in [-0.15, -0.1) is 0 Å². The smallest absolute Gasteiger partial charge is 0.338 e. The zero-order valence-corrected chi connectivity index (χ0v) is 23.2. The number of nitrogens with one attached hydrogen (secondary N) is 1. The summed E-state index contributed by atoms with van der Waals surface area (Å²) in [5, 5.41) is 4.20. The van der Waals surface area contributed by atoms with Crippen LogP contribution in [0.3, 0.4) is 0 Å². The van der Waals surface area contributed by atoms with Gasteiger partial charge < -0.3 is 14.8 Å². The van der Waals surface area contributed by atoms with E-state index in [1.807, 2.05) is 24.3 Å². The molecule has 4 rings (SSSR count). The molecule has 1 heterocycles. The Morgan fingerprint density at radius 2 is 1.50 bits per heavy atom. The summed E-state index contributed by atoms with van der Waals surface area (Å²) in [4.78, 5) is 27.3. The van der Waals surface area contributed by atoms with Gasteiger partial charge in [-0.25, -0.2) is 0 Å². The van der Waals surface area contributed by atoms with Crippen molar-refractivity contribution in [1.82, 2.24) is 9.47 Å². The molecule has 0 bridgehead atoms. The first-order valence-corrected chi connectivity index (χ1v) is 13.2. The normalized spacial score (nSPS) is 12.8. The predicted octanol–water partition coefficient (Wildman–Crippen LogP) is 7.97. The number of hydrogen-bond acceptors (Lipinski definition) is 2. The van der Waals surface area contributed by atoms with Crippen LogP contribution < -0.4 is 5.32 Å². The number of nitrogens with zero attached hydrogens (tertiary/aromatic N) is 2. The lowest BCUT2D eigenvalue weighted by atomic mass is 9.98. The fraction of sp³-hybridized carbons (Fsp3) is 0.267. The highest BCUT2D eigenvalue weighted by Gasteiger charge is 2.38. The van der Waals surface area contributed by atoms with E-state index in [4.69, 9.17) is 11.6 Å². The van der Waals surface area contributed by atoms with Crippen molar-refractivity contribution in [3.8, 4) is 0 Å². The van der Waals surface area contributed by atoms with Gasteiger partial charge in [0, 0.05) is 48.0 Å². The van der Waals surface area contributed by atoms with E-state index in [2.05, 4.69) is 5.32 Å². The van der Waals surface area contributed by atoms with Crippen LogP contribution in [0.2, 0.25) is 5.02 Å². The van der Waals surface area contributed by atoms with Gasteiger partial charge in [0.1, 0.15) is 5.82 Å². The highest BCUT2D eigenvalue weighted by atomic mass is 35.5. The van der Waals surface area contributed by atoms with Crippen molar-refractivity contribution in [2.45, 2.75) is 37.7 Å². The van der Waals surface area contributed by atoms with Crippen LogP contribution in [0.4, 0.5) is 32.2 Å². The van der Waals surface area contributed by atoms with Gasteiger partial charge in [-0.1, -0.05) is 41.9 Å². The monoisotopic (exact) mass is 609 g/mol. The molecule has 1 aromatic heterocycles. The molecule has 0 fully saturated rings. The summed E-state index contributed by atoms with van der Waals surface area (Å²) in [5.41, 5.74) is -2.33. The maximum Gasteiger partial charge on any atom is 0.416 e. The van der Waals surface area contributed by atoms with Crippen molar-refractivity contribution in [1.29, 1.82) is 0 Å². The Hall–Kier alpha value is -3.99. The van der Waals surface area contributed by atoms with E-state index in [1.165, 1.54) is 7.05 Å². The quantitative estimate of drug-likeness (QED) is 0.206. The highest BCUT2D eigenvalue weighted by Crippen LogP contribution is 2.36. The van der Waals surface area contributed by atoms with Gasteiger partial charge in [-0.05, 0) is 60.9 Å². The van der Waals surface area contributed by atoms with Crippen LogP contribution in [-0.2, 0) is 30.6 Å². The summed E-state index contributed by atoms with van der Waals surface area (Å²) in [5.74, 6) is -0.871. The largest absolute Gasteiger partial charge is 0.416 e. The molecule has 222 valence electrons. The minimum Gasteiger partial charge on any atom is -0.338 e. The van der Waals surface area contributed by atoms with Gasteiger partial charge in [0.2, 0.25) is 5.91 Å². The number of aromatic nitrogens is 1. The minimum absolute atomic E-state index is 0.0285. The Morgan fingerprint density at radius 3 is 2.07 bits per heavy atom. The van der Waals surface area contributed by atoms with E-state index in [-0.39, 0.29) is 31.2 Å². The summed E-state index contributed by atoms with van der Waals surface area (Å²) >= 11 is 5.96. The molecule has 3 aromatic carbocycles. The number of benzene rings is 3. The molecule has 1 unspecified atom stereocenters. The maximum absolute atomic E-state index is 13.4. The number of hydrogen-bond donors (Lipinski definition) is 1. The Kier molecular flexibility index (Phi) is 8.91. The van der Waals surface area contributed by atoms with Crippen molar-refractivity contribution in [2.24, 2.45) is 7.05 Å². The molecule has 0 saturated carbocycles.